The van der Waals surface area contributed by atoms with Gasteiger partial charge in [-0.05, 0) is 48.8 Å². The number of aromatic nitrogens is 4. The van der Waals surface area contributed by atoms with E-state index in [0.717, 1.165) is 41.6 Å². The zero-order chi connectivity index (χ0) is 32.7. The Morgan fingerprint density at radius 1 is 1.18 bits per heavy atom. The van der Waals surface area contributed by atoms with Crippen LogP contribution >= 0.6 is 11.6 Å². The minimum absolute atomic E-state index is 0.119. The van der Waals surface area contributed by atoms with E-state index >= 15 is 0 Å². The number of nitrogens with one attached hydrogen (secondary N) is 2. The molecule has 242 valence electrons. The van der Waals surface area contributed by atoms with Crippen LogP contribution in [0.15, 0.2) is 30.6 Å². The van der Waals surface area contributed by atoms with Gasteiger partial charge in [0.1, 0.15) is 6.04 Å². The van der Waals surface area contributed by atoms with Gasteiger partial charge in [0, 0.05) is 31.9 Å². The molecule has 3 aliphatic rings. The van der Waals surface area contributed by atoms with Gasteiger partial charge in [-0.1, -0.05) is 30.9 Å². The number of nitrogens with zero attached hydrogens (tertiary/aromatic N) is 4. The number of hydrogen-bond donors (Lipinski definition) is 3. The highest BCUT2D eigenvalue weighted by atomic mass is 35.5. The van der Waals surface area contributed by atoms with Gasteiger partial charge >= 0.3 is 6.18 Å². The summed E-state index contributed by atoms with van der Waals surface area (Å²) in [6.45, 7) is 0.334. The Morgan fingerprint density at radius 2 is 1.82 bits per heavy atom. The van der Waals surface area contributed by atoms with E-state index in [4.69, 9.17) is 21.5 Å². The predicted molar refractivity (Wildman–Crippen MR) is 152 cm³/mol. The van der Waals surface area contributed by atoms with Crippen LogP contribution in [0.1, 0.15) is 71.2 Å². The zero-order valence-corrected chi connectivity index (χ0v) is 24.7. The molecule has 10 nitrogen and oxygen atoms in total. The Morgan fingerprint density at radius 3 is 2.40 bits per heavy atom. The largest absolute Gasteiger partial charge is 0.483 e. The fourth-order valence-electron chi connectivity index (χ4n) is 6.45. The lowest BCUT2D eigenvalue weighted by Crippen LogP contribution is -2.29. The Hall–Kier alpha value is -4.01. The Kier molecular flexibility index (Phi) is 8.93. The molecule has 0 spiro atoms. The highest BCUT2D eigenvalue weighted by Crippen LogP contribution is 2.53. The van der Waals surface area contributed by atoms with Gasteiger partial charge in [-0.2, -0.15) is 18.3 Å². The minimum Gasteiger partial charge on any atom is -0.483 e. The standard InChI is InChI=1S/C28H28ClF5N6O2.CH2O2/c1-39-21(19-13-40(22-10-27(22,30)31)38-23(19)28(32,33)34)12-35-24(39)26(42)37-17-5-6-18(20(29)9-17)25(41)36-11-14-7-15-3-2-4-16(15)8-14;2-1-3/h5-6,9,12-16,22H,2-4,7-8,10-11H2,1H3,(H,36,41)(H,37,42);1H,(H,2,3). The van der Waals surface area contributed by atoms with Crippen LogP contribution in [0.2, 0.25) is 5.02 Å². The number of alkyl halides is 5. The number of amides is 2. The van der Waals surface area contributed by atoms with E-state index in [1.54, 1.807) is 0 Å². The van der Waals surface area contributed by atoms with Crippen molar-refractivity contribution in [2.24, 2.45) is 24.8 Å². The van der Waals surface area contributed by atoms with Crippen LogP contribution in [0, 0.1) is 17.8 Å². The number of fused-ring (bicyclic) bond motifs is 1. The molecule has 2 aromatic heterocycles. The van der Waals surface area contributed by atoms with Gasteiger partial charge in [-0.25, -0.2) is 13.8 Å². The Labute approximate surface area is 258 Å². The molecule has 3 aromatic rings. The van der Waals surface area contributed by atoms with Crippen LogP contribution in [0.5, 0.6) is 0 Å². The van der Waals surface area contributed by atoms with Gasteiger partial charge in [0.05, 0.1) is 28.0 Å². The Balaban J connectivity index is 0.00000128. The van der Waals surface area contributed by atoms with Crippen molar-refractivity contribution >= 4 is 35.6 Å². The number of anilines is 1. The maximum atomic E-state index is 13.7. The lowest BCUT2D eigenvalue weighted by molar-refractivity contribution is -0.141. The number of benzene rings is 1. The summed E-state index contributed by atoms with van der Waals surface area (Å²) in [5, 5.41) is 15.9. The molecule has 45 heavy (non-hydrogen) atoms. The van der Waals surface area contributed by atoms with Crippen molar-refractivity contribution in [1.29, 1.82) is 0 Å². The molecular weight excluding hydrogens is 627 g/mol. The number of carbonyl (C=O) groups is 3. The first kappa shape index (κ1) is 32.4. The summed E-state index contributed by atoms with van der Waals surface area (Å²) < 4.78 is 69.9. The fraction of sp³-hybridized carbons (Fsp3) is 0.483. The summed E-state index contributed by atoms with van der Waals surface area (Å²) >= 11 is 6.35. The molecule has 0 aliphatic heterocycles. The molecule has 3 saturated carbocycles. The van der Waals surface area contributed by atoms with Gasteiger partial charge in [0.2, 0.25) is 0 Å². The molecule has 3 unspecified atom stereocenters. The van der Waals surface area contributed by atoms with Crippen molar-refractivity contribution in [2.75, 3.05) is 11.9 Å². The van der Waals surface area contributed by atoms with Gasteiger partial charge in [-0.15, -0.1) is 0 Å². The molecule has 3 atom stereocenters. The van der Waals surface area contributed by atoms with Crippen LogP contribution in [0.25, 0.3) is 11.3 Å². The maximum Gasteiger partial charge on any atom is 0.435 e. The molecule has 0 radical (unpaired) electrons. The van der Waals surface area contributed by atoms with Crippen molar-refractivity contribution in [1.82, 2.24) is 24.6 Å². The molecule has 2 heterocycles. The number of hydrogen-bond acceptors (Lipinski definition) is 5. The van der Waals surface area contributed by atoms with Gasteiger partial charge in [0.15, 0.2) is 11.5 Å². The van der Waals surface area contributed by atoms with E-state index in [-0.39, 0.29) is 40.2 Å². The molecule has 2 amide bonds. The third kappa shape index (κ3) is 6.82. The molecule has 3 aliphatic carbocycles. The average Bonchev–Trinajstić information content (AvgIpc) is 3.50. The molecule has 0 bridgehead atoms. The minimum atomic E-state index is -4.92. The highest BCUT2D eigenvalue weighted by molar-refractivity contribution is 6.34. The molecule has 3 N–H and O–H groups in total. The van der Waals surface area contributed by atoms with Crippen LogP contribution < -0.4 is 10.6 Å². The molecule has 16 heteroatoms. The lowest BCUT2D eigenvalue weighted by Gasteiger charge is -2.14. The summed E-state index contributed by atoms with van der Waals surface area (Å²) in [7, 11) is 1.33. The number of imidazole rings is 1. The zero-order valence-electron chi connectivity index (χ0n) is 24.0. The first-order valence-corrected chi connectivity index (χ1v) is 14.6. The van der Waals surface area contributed by atoms with E-state index < -0.39 is 41.7 Å². The summed E-state index contributed by atoms with van der Waals surface area (Å²) in [5.41, 5.74) is -1.45. The summed E-state index contributed by atoms with van der Waals surface area (Å²) in [6, 6.07) is 2.92. The second-order valence-electron chi connectivity index (χ2n) is 11.6. The van der Waals surface area contributed by atoms with Gasteiger partial charge in [0.25, 0.3) is 24.2 Å². The van der Waals surface area contributed by atoms with E-state index in [2.05, 4.69) is 20.7 Å². The monoisotopic (exact) mass is 656 g/mol. The van der Waals surface area contributed by atoms with Crippen molar-refractivity contribution in [3.05, 3.63) is 52.7 Å². The summed E-state index contributed by atoms with van der Waals surface area (Å²) in [4.78, 5) is 38.1. The quantitative estimate of drug-likeness (QED) is 0.210. The topological polar surface area (TPSA) is 131 Å². The highest BCUT2D eigenvalue weighted by Gasteiger charge is 2.59. The first-order valence-electron chi connectivity index (χ1n) is 14.3. The summed E-state index contributed by atoms with van der Waals surface area (Å²) in [6.07, 6.45) is 2.54. The van der Waals surface area contributed by atoms with Crippen LogP contribution in [0.4, 0.5) is 27.6 Å². The second kappa shape index (κ2) is 12.4. The SMILES string of the molecule is Cn1c(-c2cn(C3CC3(F)F)nc2C(F)(F)F)cnc1C(=O)Nc1ccc(C(=O)NCC2CC3CCCC3C2)c(Cl)c1.O=CO. The second-order valence-corrected chi connectivity index (χ2v) is 12.0. The average molecular weight is 657 g/mol. The number of carboxylic acid groups (broad SMARTS) is 1. The third-order valence-corrected chi connectivity index (χ3v) is 9.00. The lowest BCUT2D eigenvalue weighted by atomic mass is 10.0. The number of carbonyl (C=O) groups excluding carboxylic acids is 2. The molecule has 0 saturated heterocycles. The van der Waals surface area contributed by atoms with Gasteiger partial charge in [-0.3, -0.25) is 19.1 Å². The molecule has 3 fully saturated rings. The number of rotatable bonds is 7. The molecular formula is C29H30ClF5N6O4. The van der Waals surface area contributed by atoms with Crippen LogP contribution in [-0.4, -0.2) is 55.2 Å². The van der Waals surface area contributed by atoms with E-state index in [1.165, 1.54) is 44.5 Å². The molecule has 1 aromatic carbocycles. The van der Waals surface area contributed by atoms with Crippen molar-refractivity contribution < 1.29 is 41.4 Å². The van der Waals surface area contributed by atoms with Gasteiger partial charge < -0.3 is 20.3 Å². The Bertz CT molecular complexity index is 1590. The third-order valence-electron chi connectivity index (χ3n) is 8.69. The van der Waals surface area contributed by atoms with E-state index in [9.17, 15) is 31.5 Å². The maximum absolute atomic E-state index is 13.7. The van der Waals surface area contributed by atoms with Crippen molar-refractivity contribution in [2.45, 2.75) is 56.7 Å². The first-order chi connectivity index (χ1) is 21.2. The smallest absolute Gasteiger partial charge is 0.435 e. The van der Waals surface area contributed by atoms with E-state index in [0.29, 0.717) is 17.1 Å². The van der Waals surface area contributed by atoms with Crippen molar-refractivity contribution in [3.8, 4) is 11.3 Å². The summed E-state index contributed by atoms with van der Waals surface area (Å²) in [5.74, 6) is -2.42. The fourth-order valence-corrected chi connectivity index (χ4v) is 6.72. The van der Waals surface area contributed by atoms with Crippen molar-refractivity contribution in [3.63, 3.8) is 0 Å². The predicted octanol–water partition coefficient (Wildman–Crippen LogP) is 6.05. The van der Waals surface area contributed by atoms with E-state index in [1.807, 2.05) is 0 Å². The normalized spacial score (nSPS) is 23.1. The van der Waals surface area contributed by atoms with Crippen LogP contribution in [0.3, 0.4) is 0 Å². The van der Waals surface area contributed by atoms with Crippen LogP contribution in [-0.2, 0) is 18.0 Å². The number of halogens is 6. The molecule has 6 rings (SSSR count).